The van der Waals surface area contributed by atoms with Crippen LogP contribution in [0.5, 0.6) is 11.5 Å². The number of fused-ring (bicyclic) bond motifs is 1. The molecule has 0 saturated heterocycles. The van der Waals surface area contributed by atoms with E-state index in [9.17, 15) is 23.1 Å². The van der Waals surface area contributed by atoms with Crippen molar-refractivity contribution in [1.82, 2.24) is 0 Å². The topological polar surface area (TPSA) is 55.8 Å². The number of benzene rings is 3. The Morgan fingerprint density at radius 2 is 1.73 bits per heavy atom. The molecule has 0 aromatic heterocycles. The fraction of sp³-hybridized carbons (Fsp3) is 0.269. The Hall–Kier alpha value is -3.32. The summed E-state index contributed by atoms with van der Waals surface area (Å²) in [4.78, 5) is 13.3. The fourth-order valence-electron chi connectivity index (χ4n) is 4.43. The van der Waals surface area contributed by atoms with E-state index in [4.69, 9.17) is 9.47 Å². The molecule has 7 heteroatoms. The third-order valence-corrected chi connectivity index (χ3v) is 6.38. The lowest BCUT2D eigenvalue weighted by atomic mass is 9.86. The standard InChI is InChI=1S/C26H21F3O4/c27-26(28,29)21-6-4-16(11-20(21)18-3-1-2-17(10-18)14-30)12-24(31)25(8-9-25)19-5-7-22-23(13-19)33-15-32-22/h1-7,10-11,13,30H,8-9,12,14-15H2. The molecule has 0 spiro atoms. The first-order valence-corrected chi connectivity index (χ1v) is 10.6. The molecule has 1 aliphatic heterocycles. The van der Waals surface area contributed by atoms with Crippen molar-refractivity contribution in [3.05, 3.63) is 82.9 Å². The maximum absolute atomic E-state index is 13.7. The minimum absolute atomic E-state index is 0.00368. The van der Waals surface area contributed by atoms with Crippen molar-refractivity contribution < 1.29 is 32.5 Å². The van der Waals surface area contributed by atoms with Gasteiger partial charge >= 0.3 is 6.18 Å². The highest BCUT2D eigenvalue weighted by molar-refractivity contribution is 5.95. The second-order valence-corrected chi connectivity index (χ2v) is 8.49. The number of hydrogen-bond donors (Lipinski definition) is 1. The summed E-state index contributed by atoms with van der Waals surface area (Å²) in [6, 6.07) is 15.7. The monoisotopic (exact) mass is 454 g/mol. The Labute approximate surface area is 188 Å². The number of alkyl halides is 3. The van der Waals surface area contributed by atoms with Gasteiger partial charge in [-0.15, -0.1) is 0 Å². The molecule has 1 N–H and O–H groups in total. The van der Waals surface area contributed by atoms with Crippen LogP contribution in [0.15, 0.2) is 60.7 Å². The molecule has 0 bridgehead atoms. The van der Waals surface area contributed by atoms with Crippen molar-refractivity contribution in [1.29, 1.82) is 0 Å². The molecule has 4 nitrogen and oxygen atoms in total. The molecular formula is C26H21F3O4. The van der Waals surface area contributed by atoms with Crippen molar-refractivity contribution in [3.8, 4) is 22.6 Å². The zero-order chi connectivity index (χ0) is 23.2. The summed E-state index contributed by atoms with van der Waals surface area (Å²) < 4.78 is 51.9. The van der Waals surface area contributed by atoms with Gasteiger partial charge in [-0.3, -0.25) is 4.79 Å². The Morgan fingerprint density at radius 3 is 2.45 bits per heavy atom. The first kappa shape index (κ1) is 21.5. The van der Waals surface area contributed by atoms with E-state index >= 15 is 0 Å². The summed E-state index contributed by atoms with van der Waals surface area (Å²) in [7, 11) is 0. The van der Waals surface area contributed by atoms with E-state index in [1.807, 2.05) is 12.1 Å². The van der Waals surface area contributed by atoms with Crippen LogP contribution in [0.25, 0.3) is 11.1 Å². The predicted octanol–water partition coefficient (Wildman–Crippen LogP) is 5.44. The van der Waals surface area contributed by atoms with E-state index in [0.717, 1.165) is 11.6 Å². The molecule has 33 heavy (non-hydrogen) atoms. The molecule has 3 aromatic carbocycles. The van der Waals surface area contributed by atoms with Gasteiger partial charge in [0.1, 0.15) is 5.78 Å². The lowest BCUT2D eigenvalue weighted by Crippen LogP contribution is -2.22. The van der Waals surface area contributed by atoms with Crippen molar-refractivity contribution >= 4 is 5.78 Å². The van der Waals surface area contributed by atoms with E-state index in [-0.39, 0.29) is 31.2 Å². The highest BCUT2D eigenvalue weighted by Crippen LogP contribution is 2.51. The largest absolute Gasteiger partial charge is 0.454 e. The van der Waals surface area contributed by atoms with Crippen LogP contribution < -0.4 is 9.47 Å². The van der Waals surface area contributed by atoms with Crippen molar-refractivity contribution in [3.63, 3.8) is 0 Å². The van der Waals surface area contributed by atoms with E-state index < -0.39 is 17.2 Å². The van der Waals surface area contributed by atoms with Gasteiger partial charge in [0.15, 0.2) is 11.5 Å². The van der Waals surface area contributed by atoms with Gasteiger partial charge in [0.05, 0.1) is 17.6 Å². The normalized spacial score (nSPS) is 16.0. The number of ketones is 1. The zero-order valence-corrected chi connectivity index (χ0v) is 17.6. The first-order valence-electron chi connectivity index (χ1n) is 10.6. The number of rotatable bonds is 6. The summed E-state index contributed by atoms with van der Waals surface area (Å²) >= 11 is 0. The molecule has 0 unspecified atom stereocenters. The van der Waals surface area contributed by atoms with Gasteiger partial charge in [-0.05, 0) is 64.9 Å². The van der Waals surface area contributed by atoms with Gasteiger partial charge in [0, 0.05) is 6.42 Å². The van der Waals surface area contributed by atoms with Crippen molar-refractivity contribution in [2.24, 2.45) is 0 Å². The average Bonchev–Trinajstić information content (AvgIpc) is 3.49. The molecule has 0 atom stereocenters. The molecule has 170 valence electrons. The van der Waals surface area contributed by atoms with Crippen LogP contribution in [-0.2, 0) is 29.4 Å². The maximum Gasteiger partial charge on any atom is 0.417 e. The number of hydrogen-bond acceptors (Lipinski definition) is 4. The van der Waals surface area contributed by atoms with Crippen LogP contribution in [0.2, 0.25) is 0 Å². The predicted molar refractivity (Wildman–Crippen MR) is 115 cm³/mol. The lowest BCUT2D eigenvalue weighted by molar-refractivity contribution is -0.137. The SMILES string of the molecule is O=C(Cc1ccc(C(F)(F)F)c(-c2cccc(CO)c2)c1)C1(c2ccc3c(c2)OCO3)CC1. The summed E-state index contributed by atoms with van der Waals surface area (Å²) in [5.41, 5.74) is 0.813. The lowest BCUT2D eigenvalue weighted by Gasteiger charge is -2.18. The van der Waals surface area contributed by atoms with Gasteiger partial charge in [-0.1, -0.05) is 36.4 Å². The average molecular weight is 454 g/mol. The first-order chi connectivity index (χ1) is 15.8. The Bertz CT molecular complexity index is 1230. The third kappa shape index (κ3) is 3.97. The van der Waals surface area contributed by atoms with Crippen LogP contribution in [0.3, 0.4) is 0 Å². The summed E-state index contributed by atoms with van der Waals surface area (Å²) in [5.74, 6) is 1.21. The smallest absolute Gasteiger partial charge is 0.417 e. The Balaban J connectivity index is 1.47. The van der Waals surface area contributed by atoms with Crippen LogP contribution in [-0.4, -0.2) is 17.7 Å². The van der Waals surface area contributed by atoms with Gasteiger partial charge in [0.25, 0.3) is 0 Å². The van der Waals surface area contributed by atoms with E-state index in [1.54, 1.807) is 24.3 Å². The van der Waals surface area contributed by atoms with Crippen LogP contribution in [0.4, 0.5) is 13.2 Å². The van der Waals surface area contributed by atoms with Gasteiger partial charge in [-0.25, -0.2) is 0 Å². The second kappa shape index (κ2) is 7.92. The Kier molecular flexibility index (Phi) is 5.16. The molecule has 1 heterocycles. The number of ether oxygens (including phenoxy) is 2. The van der Waals surface area contributed by atoms with E-state index in [0.29, 0.717) is 41.0 Å². The highest BCUT2D eigenvalue weighted by atomic mass is 19.4. The zero-order valence-electron chi connectivity index (χ0n) is 17.6. The van der Waals surface area contributed by atoms with Gasteiger partial charge in [0.2, 0.25) is 6.79 Å². The number of aliphatic hydroxyl groups excluding tert-OH is 1. The van der Waals surface area contributed by atoms with Crippen LogP contribution in [0.1, 0.15) is 35.1 Å². The molecular weight excluding hydrogens is 433 g/mol. The second-order valence-electron chi connectivity index (χ2n) is 8.49. The fourth-order valence-corrected chi connectivity index (χ4v) is 4.43. The minimum Gasteiger partial charge on any atom is -0.454 e. The molecule has 1 aliphatic carbocycles. The van der Waals surface area contributed by atoms with E-state index in [1.165, 1.54) is 18.2 Å². The number of carbonyl (C=O) groups excluding carboxylic acids is 1. The minimum atomic E-state index is -4.54. The van der Waals surface area contributed by atoms with Crippen molar-refractivity contribution in [2.45, 2.75) is 37.5 Å². The molecule has 0 radical (unpaired) electrons. The molecule has 0 amide bonds. The number of halogens is 3. The van der Waals surface area contributed by atoms with Crippen LogP contribution in [0, 0.1) is 0 Å². The summed E-state index contributed by atoms with van der Waals surface area (Å²) in [6.07, 6.45) is -3.13. The summed E-state index contributed by atoms with van der Waals surface area (Å²) in [6.45, 7) is -0.128. The Morgan fingerprint density at radius 1 is 0.939 bits per heavy atom. The highest BCUT2D eigenvalue weighted by Gasteiger charge is 2.50. The number of aliphatic hydroxyl groups is 1. The number of Topliss-reactive ketones (excluding diaryl/α,β-unsaturated/α-hetero) is 1. The molecule has 1 fully saturated rings. The van der Waals surface area contributed by atoms with Crippen molar-refractivity contribution in [2.75, 3.05) is 6.79 Å². The molecule has 1 saturated carbocycles. The molecule has 2 aliphatic rings. The van der Waals surface area contributed by atoms with Gasteiger partial charge in [-0.2, -0.15) is 13.2 Å². The summed E-state index contributed by atoms with van der Waals surface area (Å²) in [5, 5.41) is 9.39. The quantitative estimate of drug-likeness (QED) is 0.539. The molecule has 3 aromatic rings. The van der Waals surface area contributed by atoms with Gasteiger partial charge < -0.3 is 14.6 Å². The van der Waals surface area contributed by atoms with Crippen LogP contribution >= 0.6 is 0 Å². The number of carbonyl (C=O) groups is 1. The van der Waals surface area contributed by atoms with E-state index in [2.05, 4.69) is 0 Å². The third-order valence-electron chi connectivity index (χ3n) is 6.38. The molecule has 5 rings (SSSR count). The maximum atomic E-state index is 13.7.